The third-order valence-electron chi connectivity index (χ3n) is 1.37. The second kappa shape index (κ2) is 4.53. The molecule has 0 aliphatic carbocycles. The van der Waals surface area contributed by atoms with Crippen molar-refractivity contribution in [3.05, 3.63) is 28.2 Å². The second-order valence-electron chi connectivity index (χ2n) is 2.10. The van der Waals surface area contributed by atoms with Crippen molar-refractivity contribution >= 4 is 43.6 Å². The van der Waals surface area contributed by atoms with Crippen LogP contribution in [0.2, 0.25) is 0 Å². The van der Waals surface area contributed by atoms with Gasteiger partial charge >= 0.3 is 0 Å². The van der Waals surface area contributed by atoms with E-state index < -0.39 is 0 Å². The molecule has 0 nitrogen and oxygen atoms in total. The first-order chi connectivity index (χ1) is 5.27. The van der Waals surface area contributed by atoms with Gasteiger partial charge in [-0.25, -0.2) is 0 Å². The molecule has 0 spiro atoms. The summed E-state index contributed by atoms with van der Waals surface area (Å²) < 4.78 is 1.18. The van der Waals surface area contributed by atoms with Crippen molar-refractivity contribution < 1.29 is 0 Å². The predicted molar refractivity (Wildman–Crippen MR) is 58.6 cm³/mol. The predicted octanol–water partition coefficient (Wildman–Crippen LogP) is 4.07. The number of hydrogen-bond acceptors (Lipinski definition) is 1. The van der Waals surface area contributed by atoms with Gasteiger partial charge in [-0.15, -0.1) is 11.8 Å². The Morgan fingerprint density at radius 3 is 2.64 bits per heavy atom. The summed E-state index contributed by atoms with van der Waals surface area (Å²) in [4.78, 5) is 1.29. The monoisotopic (exact) mass is 294 g/mol. The number of benzene rings is 1. The molecule has 0 saturated carbocycles. The Balaban J connectivity index is 2.99. The van der Waals surface area contributed by atoms with Crippen LogP contribution in [0.3, 0.4) is 0 Å². The Labute approximate surface area is 88.0 Å². The lowest BCUT2D eigenvalue weighted by molar-refractivity contribution is 1.33. The number of rotatable bonds is 2. The minimum absolute atomic E-state index is 0.917. The molecule has 60 valence electrons. The van der Waals surface area contributed by atoms with Crippen LogP contribution in [0.25, 0.3) is 0 Å². The van der Waals surface area contributed by atoms with Gasteiger partial charge in [0.2, 0.25) is 0 Å². The maximum absolute atomic E-state index is 3.51. The van der Waals surface area contributed by atoms with Gasteiger partial charge in [0.05, 0.1) is 0 Å². The van der Waals surface area contributed by atoms with Crippen LogP contribution in [0.1, 0.15) is 5.56 Å². The van der Waals surface area contributed by atoms with E-state index in [1.54, 1.807) is 11.8 Å². The van der Waals surface area contributed by atoms with Gasteiger partial charge < -0.3 is 0 Å². The normalized spacial score (nSPS) is 10.1. The van der Waals surface area contributed by atoms with Gasteiger partial charge in [0.25, 0.3) is 0 Å². The van der Waals surface area contributed by atoms with E-state index in [0.717, 1.165) is 5.33 Å². The highest BCUT2D eigenvalue weighted by Gasteiger charge is 1.98. The fourth-order valence-electron chi connectivity index (χ4n) is 0.793. The van der Waals surface area contributed by atoms with Gasteiger partial charge in [-0.3, -0.25) is 0 Å². The highest BCUT2D eigenvalue weighted by molar-refractivity contribution is 9.10. The second-order valence-corrected chi connectivity index (χ2v) is 4.37. The van der Waals surface area contributed by atoms with Crippen molar-refractivity contribution in [3.63, 3.8) is 0 Å². The molecule has 1 aromatic rings. The Hall–Kier alpha value is 0.530. The summed E-state index contributed by atoms with van der Waals surface area (Å²) in [6.07, 6.45) is 2.08. The molecule has 0 heterocycles. The van der Waals surface area contributed by atoms with E-state index in [9.17, 15) is 0 Å². The average molecular weight is 296 g/mol. The van der Waals surface area contributed by atoms with Gasteiger partial charge in [-0.1, -0.05) is 22.0 Å². The van der Waals surface area contributed by atoms with Crippen LogP contribution in [0.5, 0.6) is 0 Å². The van der Waals surface area contributed by atoms with E-state index in [1.807, 2.05) is 0 Å². The lowest BCUT2D eigenvalue weighted by atomic mass is 10.2. The summed E-state index contributed by atoms with van der Waals surface area (Å²) in [6.45, 7) is 0. The van der Waals surface area contributed by atoms with E-state index in [0.29, 0.717) is 0 Å². The molecular weight excluding hydrogens is 288 g/mol. The molecule has 0 aliphatic heterocycles. The van der Waals surface area contributed by atoms with E-state index >= 15 is 0 Å². The molecule has 0 radical (unpaired) electrons. The Bertz CT molecular complexity index is 248. The van der Waals surface area contributed by atoms with Crippen LogP contribution >= 0.6 is 43.6 Å². The molecule has 0 unspecified atom stereocenters. The quantitative estimate of drug-likeness (QED) is 0.585. The van der Waals surface area contributed by atoms with Crippen LogP contribution in [0.4, 0.5) is 0 Å². The smallest absolute Gasteiger partial charge is 0.0314 e. The van der Waals surface area contributed by atoms with Crippen molar-refractivity contribution in [1.82, 2.24) is 0 Å². The van der Waals surface area contributed by atoms with E-state index in [-0.39, 0.29) is 0 Å². The van der Waals surface area contributed by atoms with Crippen molar-refractivity contribution in [2.45, 2.75) is 10.2 Å². The lowest BCUT2D eigenvalue weighted by Crippen LogP contribution is -1.78. The summed E-state index contributed by atoms with van der Waals surface area (Å²) in [5.41, 5.74) is 1.30. The number of hydrogen-bond donors (Lipinski definition) is 0. The van der Waals surface area contributed by atoms with Crippen LogP contribution < -0.4 is 0 Å². The van der Waals surface area contributed by atoms with Gasteiger partial charge in [-0.05, 0) is 39.9 Å². The molecule has 11 heavy (non-hydrogen) atoms. The molecule has 0 amide bonds. The minimum Gasteiger partial charge on any atom is -0.128 e. The maximum atomic E-state index is 3.51. The first kappa shape index (κ1) is 9.62. The Morgan fingerprint density at radius 1 is 1.45 bits per heavy atom. The zero-order chi connectivity index (χ0) is 8.27. The van der Waals surface area contributed by atoms with E-state index in [2.05, 4.69) is 56.3 Å². The summed E-state index contributed by atoms with van der Waals surface area (Å²) in [7, 11) is 0. The maximum Gasteiger partial charge on any atom is 0.0314 e. The average Bonchev–Trinajstić information content (AvgIpc) is 2.04. The molecule has 0 aromatic heterocycles. The summed E-state index contributed by atoms with van der Waals surface area (Å²) in [5, 5.41) is 0.917. The molecule has 1 aromatic carbocycles. The van der Waals surface area contributed by atoms with Gasteiger partial charge in [0.1, 0.15) is 0 Å². The standard InChI is InChI=1S/C8H8Br2S/c1-11-8-3-2-6(5-9)4-7(8)10/h2-4H,5H2,1H3. The molecule has 1 rings (SSSR count). The molecule has 0 N–H and O–H groups in total. The van der Waals surface area contributed by atoms with Crippen molar-refractivity contribution in [3.8, 4) is 0 Å². The Kier molecular flexibility index (Phi) is 3.96. The largest absolute Gasteiger partial charge is 0.128 e. The third-order valence-corrected chi connectivity index (χ3v) is 3.73. The highest BCUT2D eigenvalue weighted by Crippen LogP contribution is 2.26. The molecule has 0 aliphatic rings. The molecule has 0 saturated heterocycles. The van der Waals surface area contributed by atoms with E-state index in [4.69, 9.17) is 0 Å². The fourth-order valence-corrected chi connectivity index (χ4v) is 2.51. The van der Waals surface area contributed by atoms with Crippen LogP contribution in [0.15, 0.2) is 27.6 Å². The van der Waals surface area contributed by atoms with Crippen molar-refractivity contribution in [1.29, 1.82) is 0 Å². The number of halogens is 2. The van der Waals surface area contributed by atoms with Crippen molar-refractivity contribution in [2.75, 3.05) is 6.26 Å². The van der Waals surface area contributed by atoms with Gasteiger partial charge in [-0.2, -0.15) is 0 Å². The van der Waals surface area contributed by atoms with Crippen LogP contribution in [0, 0.1) is 0 Å². The zero-order valence-electron chi connectivity index (χ0n) is 6.10. The first-order valence-corrected chi connectivity index (χ1v) is 6.30. The zero-order valence-corrected chi connectivity index (χ0v) is 10.1. The lowest BCUT2D eigenvalue weighted by Gasteiger charge is -2.01. The summed E-state index contributed by atoms with van der Waals surface area (Å²) in [5.74, 6) is 0. The third kappa shape index (κ3) is 2.49. The molecule has 3 heteroatoms. The Morgan fingerprint density at radius 2 is 2.18 bits per heavy atom. The SMILES string of the molecule is CSc1ccc(CBr)cc1Br. The summed E-state index contributed by atoms with van der Waals surface area (Å²) >= 11 is 8.67. The topological polar surface area (TPSA) is 0 Å². The van der Waals surface area contributed by atoms with Crippen LogP contribution in [-0.2, 0) is 5.33 Å². The fraction of sp³-hybridized carbons (Fsp3) is 0.250. The molecule has 0 fully saturated rings. The van der Waals surface area contributed by atoms with Gasteiger partial charge in [0, 0.05) is 14.7 Å². The molecule has 0 bridgehead atoms. The highest BCUT2D eigenvalue weighted by atomic mass is 79.9. The van der Waals surface area contributed by atoms with Crippen LogP contribution in [-0.4, -0.2) is 6.26 Å². The van der Waals surface area contributed by atoms with Crippen molar-refractivity contribution in [2.24, 2.45) is 0 Å². The first-order valence-electron chi connectivity index (χ1n) is 3.16. The molecule has 0 atom stereocenters. The minimum atomic E-state index is 0.917. The number of alkyl halides is 1. The van der Waals surface area contributed by atoms with Gasteiger partial charge in [0.15, 0.2) is 0 Å². The summed E-state index contributed by atoms with van der Waals surface area (Å²) in [6, 6.07) is 6.40. The number of thioether (sulfide) groups is 1. The van der Waals surface area contributed by atoms with E-state index in [1.165, 1.54) is 14.9 Å². The molecular formula is C8H8Br2S.